The van der Waals surface area contributed by atoms with Gasteiger partial charge in [0.1, 0.15) is 5.71 Å². The molecule has 9 nitrogen and oxygen atoms in total. The molecule has 1 aromatic carbocycles. The van der Waals surface area contributed by atoms with E-state index in [0.29, 0.717) is 16.9 Å². The van der Waals surface area contributed by atoms with Crippen molar-refractivity contribution < 1.29 is 28.7 Å². The van der Waals surface area contributed by atoms with Gasteiger partial charge in [-0.3, -0.25) is 9.59 Å². The number of nitrogens with zero attached hydrogens (tertiary/aromatic N) is 2. The number of H-pyrrole nitrogens is 1. The number of anilines is 1. The van der Waals surface area contributed by atoms with Crippen LogP contribution in [0.2, 0.25) is 0 Å². The molecule has 0 saturated carbocycles. The molecule has 1 unspecified atom stereocenters. The lowest BCUT2D eigenvalue weighted by Gasteiger charge is -2.23. The van der Waals surface area contributed by atoms with Gasteiger partial charge < -0.3 is 14.5 Å². The summed E-state index contributed by atoms with van der Waals surface area (Å²) < 4.78 is 10.1. The van der Waals surface area contributed by atoms with Gasteiger partial charge in [0.25, 0.3) is 0 Å². The fourth-order valence-corrected chi connectivity index (χ4v) is 3.36. The molecule has 1 aliphatic heterocycles. The Hall–Kier alpha value is -3.75. The number of aromatic nitrogens is 1. The number of ether oxygens (including phenoxy) is 2. The van der Waals surface area contributed by atoms with Crippen molar-refractivity contribution in [2.75, 3.05) is 12.1 Å². The van der Waals surface area contributed by atoms with Gasteiger partial charge in [0, 0.05) is 18.5 Å². The number of esters is 2. The zero-order chi connectivity index (χ0) is 22.7. The lowest BCUT2D eigenvalue weighted by atomic mass is 10.1. The number of Topliss-reactive ketones (excluding diaryl/α,β-unsaturated/α-hetero) is 1. The zero-order valence-electron chi connectivity index (χ0n) is 17.7. The Morgan fingerprint density at radius 3 is 2.42 bits per heavy atom. The number of methoxy groups -OCH3 is 1. The predicted octanol–water partition coefficient (Wildman–Crippen LogP) is 2.72. The van der Waals surface area contributed by atoms with E-state index in [9.17, 15) is 19.2 Å². The molecule has 1 aliphatic rings. The Morgan fingerprint density at radius 2 is 1.77 bits per heavy atom. The van der Waals surface area contributed by atoms with Crippen molar-refractivity contribution in [3.05, 3.63) is 52.8 Å². The fourth-order valence-electron chi connectivity index (χ4n) is 3.36. The van der Waals surface area contributed by atoms with E-state index >= 15 is 0 Å². The van der Waals surface area contributed by atoms with Crippen LogP contribution in [0.5, 0.6) is 0 Å². The van der Waals surface area contributed by atoms with Gasteiger partial charge in [0.05, 0.1) is 24.1 Å². The van der Waals surface area contributed by atoms with Gasteiger partial charge >= 0.3 is 11.9 Å². The van der Waals surface area contributed by atoms with Crippen LogP contribution >= 0.6 is 0 Å². The maximum atomic E-state index is 12.8. The number of benzene rings is 1. The molecular weight excluding hydrogens is 402 g/mol. The molecule has 2 heterocycles. The SMILES string of the molecule is COC(=O)c1c(C)[nH]c(C(=O)C(C)OC(=O)C2=NN(c3ccccc3)C(=O)CC2)c1C. The molecule has 1 amide bonds. The number of hydrazone groups is 1. The van der Waals surface area contributed by atoms with Crippen molar-refractivity contribution in [1.82, 2.24) is 4.98 Å². The summed E-state index contributed by atoms with van der Waals surface area (Å²) in [5, 5.41) is 5.29. The van der Waals surface area contributed by atoms with Crippen molar-refractivity contribution in [3.8, 4) is 0 Å². The van der Waals surface area contributed by atoms with Crippen molar-refractivity contribution >= 4 is 35.0 Å². The summed E-state index contributed by atoms with van der Waals surface area (Å²) >= 11 is 0. The quantitative estimate of drug-likeness (QED) is 0.562. The van der Waals surface area contributed by atoms with Gasteiger partial charge in [-0.15, -0.1) is 0 Å². The van der Waals surface area contributed by atoms with Crippen LogP contribution in [0.1, 0.15) is 51.9 Å². The van der Waals surface area contributed by atoms with E-state index in [1.165, 1.54) is 14.0 Å². The monoisotopic (exact) mass is 425 g/mol. The first kappa shape index (κ1) is 21.9. The Kier molecular flexibility index (Phi) is 6.33. The van der Waals surface area contributed by atoms with Gasteiger partial charge in [-0.2, -0.15) is 5.10 Å². The van der Waals surface area contributed by atoms with Crippen LogP contribution in [0.15, 0.2) is 35.4 Å². The molecule has 31 heavy (non-hydrogen) atoms. The minimum absolute atomic E-state index is 0.0535. The average Bonchev–Trinajstić information content (AvgIpc) is 3.07. The van der Waals surface area contributed by atoms with Crippen molar-refractivity contribution in [1.29, 1.82) is 0 Å². The zero-order valence-corrected chi connectivity index (χ0v) is 17.7. The number of carbonyl (C=O) groups is 4. The minimum Gasteiger partial charge on any atom is -0.465 e. The lowest BCUT2D eigenvalue weighted by molar-refractivity contribution is -0.138. The summed E-state index contributed by atoms with van der Waals surface area (Å²) in [7, 11) is 1.26. The Morgan fingerprint density at radius 1 is 1.10 bits per heavy atom. The molecule has 2 aromatic rings. The highest BCUT2D eigenvalue weighted by Gasteiger charge is 2.31. The number of hydrogen-bond acceptors (Lipinski definition) is 7. The molecule has 1 N–H and O–H groups in total. The summed E-state index contributed by atoms with van der Waals surface area (Å²) in [6.07, 6.45) is -0.905. The highest BCUT2D eigenvalue weighted by atomic mass is 16.5. The van der Waals surface area contributed by atoms with Crippen molar-refractivity contribution in [3.63, 3.8) is 0 Å². The molecule has 1 atom stereocenters. The van der Waals surface area contributed by atoms with E-state index < -0.39 is 23.8 Å². The summed E-state index contributed by atoms with van der Waals surface area (Å²) in [5.74, 6) is -2.06. The summed E-state index contributed by atoms with van der Waals surface area (Å²) in [4.78, 5) is 52.4. The fraction of sp³-hybridized carbons (Fsp3) is 0.318. The Bertz CT molecular complexity index is 1070. The number of aromatic amines is 1. The number of rotatable bonds is 6. The number of aryl methyl sites for hydroxylation is 1. The highest BCUT2D eigenvalue weighted by Crippen LogP contribution is 2.22. The van der Waals surface area contributed by atoms with Crippen LogP contribution in [-0.4, -0.2) is 47.5 Å². The first-order valence-corrected chi connectivity index (χ1v) is 9.72. The first-order chi connectivity index (χ1) is 14.7. The van der Waals surface area contributed by atoms with E-state index in [1.807, 2.05) is 0 Å². The smallest absolute Gasteiger partial charge is 0.355 e. The standard InChI is InChI=1S/C22H23N3O6/c1-12-18(22(29)30-4)13(2)23-19(12)20(27)14(3)31-21(28)16-10-11-17(26)25(24-16)15-8-6-5-7-9-15/h5-9,14,23H,10-11H2,1-4H3. The maximum absolute atomic E-state index is 12.8. The topological polar surface area (TPSA) is 118 Å². The third kappa shape index (κ3) is 4.40. The van der Waals surface area contributed by atoms with Crippen LogP contribution < -0.4 is 5.01 Å². The van der Waals surface area contributed by atoms with E-state index in [-0.39, 0.29) is 35.7 Å². The van der Waals surface area contributed by atoms with Gasteiger partial charge in [-0.25, -0.2) is 14.6 Å². The van der Waals surface area contributed by atoms with Gasteiger partial charge in [-0.1, -0.05) is 18.2 Å². The third-order valence-electron chi connectivity index (χ3n) is 5.00. The molecule has 0 radical (unpaired) electrons. The van der Waals surface area contributed by atoms with E-state index in [1.54, 1.807) is 44.2 Å². The van der Waals surface area contributed by atoms with Crippen LogP contribution in [0, 0.1) is 13.8 Å². The molecule has 1 aromatic heterocycles. The molecule has 0 bridgehead atoms. The minimum atomic E-state index is -1.12. The maximum Gasteiger partial charge on any atom is 0.355 e. The van der Waals surface area contributed by atoms with Crippen molar-refractivity contribution in [2.45, 2.75) is 39.7 Å². The van der Waals surface area contributed by atoms with Crippen molar-refractivity contribution in [2.24, 2.45) is 5.10 Å². The molecule has 0 spiro atoms. The average molecular weight is 425 g/mol. The molecule has 162 valence electrons. The Balaban J connectivity index is 1.77. The highest BCUT2D eigenvalue weighted by molar-refractivity contribution is 6.38. The molecule has 0 fully saturated rings. The van der Waals surface area contributed by atoms with Crippen LogP contribution in [0.4, 0.5) is 5.69 Å². The predicted molar refractivity (Wildman–Crippen MR) is 112 cm³/mol. The number of carbonyl (C=O) groups excluding carboxylic acids is 4. The molecule has 0 aliphatic carbocycles. The van der Waals surface area contributed by atoms with Gasteiger partial charge in [0.15, 0.2) is 6.10 Å². The van der Waals surface area contributed by atoms with E-state index in [4.69, 9.17) is 9.47 Å². The Labute approximate surface area is 179 Å². The van der Waals surface area contributed by atoms with Crippen LogP contribution in [0.3, 0.4) is 0 Å². The largest absolute Gasteiger partial charge is 0.465 e. The summed E-state index contributed by atoms with van der Waals surface area (Å²) in [6, 6.07) is 8.73. The van der Waals surface area contributed by atoms with Crippen LogP contribution in [0.25, 0.3) is 0 Å². The number of nitrogens with one attached hydrogen (secondary N) is 1. The summed E-state index contributed by atoms with van der Waals surface area (Å²) in [5.41, 5.74) is 1.95. The second-order valence-electron chi connectivity index (χ2n) is 7.12. The molecule has 3 rings (SSSR count). The third-order valence-corrected chi connectivity index (χ3v) is 5.00. The van der Waals surface area contributed by atoms with E-state index in [0.717, 1.165) is 5.01 Å². The number of ketones is 1. The molecule has 0 saturated heterocycles. The number of hydrogen-bond donors (Lipinski definition) is 1. The lowest BCUT2D eigenvalue weighted by Crippen LogP contribution is -2.36. The van der Waals surface area contributed by atoms with Gasteiger partial charge in [0.2, 0.25) is 11.7 Å². The number of para-hydroxylation sites is 1. The second-order valence-corrected chi connectivity index (χ2v) is 7.12. The van der Waals surface area contributed by atoms with Gasteiger partial charge in [-0.05, 0) is 38.5 Å². The normalized spacial score (nSPS) is 14.6. The summed E-state index contributed by atoms with van der Waals surface area (Å²) in [6.45, 7) is 4.71. The first-order valence-electron chi connectivity index (χ1n) is 9.72. The number of amides is 1. The second kappa shape index (κ2) is 8.95. The molecular formula is C22H23N3O6. The molecule has 9 heteroatoms. The van der Waals surface area contributed by atoms with Crippen LogP contribution in [-0.2, 0) is 19.1 Å². The van der Waals surface area contributed by atoms with E-state index in [2.05, 4.69) is 10.1 Å².